The molecule has 1 N–H and O–H groups in total. The zero-order chi connectivity index (χ0) is 22.9. The van der Waals surface area contributed by atoms with Crippen LogP contribution in [0.3, 0.4) is 0 Å². The summed E-state index contributed by atoms with van der Waals surface area (Å²) in [6.45, 7) is 15.5. The summed E-state index contributed by atoms with van der Waals surface area (Å²) in [7, 11) is 0. The maximum absolute atomic E-state index is 14.0. The molecule has 4 heteroatoms. The molecule has 0 aromatic carbocycles. The van der Waals surface area contributed by atoms with Crippen LogP contribution in [0.5, 0.6) is 0 Å². The van der Waals surface area contributed by atoms with Gasteiger partial charge in [0.05, 0.1) is 5.57 Å². The summed E-state index contributed by atoms with van der Waals surface area (Å²) in [5, 5.41) is 2.91. The van der Waals surface area contributed by atoms with Gasteiger partial charge in [-0.1, -0.05) is 50.5 Å². The van der Waals surface area contributed by atoms with E-state index < -0.39 is 5.72 Å². The Morgan fingerprint density at radius 3 is 2.68 bits per heavy atom. The summed E-state index contributed by atoms with van der Waals surface area (Å²) in [6, 6.07) is 0. The van der Waals surface area contributed by atoms with Gasteiger partial charge in [0.25, 0.3) is 5.91 Å². The van der Waals surface area contributed by atoms with E-state index in [1.165, 1.54) is 11.1 Å². The van der Waals surface area contributed by atoms with Crippen molar-refractivity contribution in [2.45, 2.75) is 79.9 Å². The van der Waals surface area contributed by atoms with Gasteiger partial charge in [0.2, 0.25) is 0 Å². The third-order valence-corrected chi connectivity index (χ3v) is 7.78. The number of carbonyl (C=O) groups is 2. The summed E-state index contributed by atoms with van der Waals surface area (Å²) >= 11 is 0. The Bertz CT molecular complexity index is 807. The lowest BCUT2D eigenvalue weighted by atomic mass is 9.55. The number of unbranched alkanes of at least 4 members (excludes halogenated alkanes) is 1. The van der Waals surface area contributed by atoms with E-state index in [0.29, 0.717) is 24.4 Å². The normalized spacial score (nSPS) is 38.3. The first-order valence-corrected chi connectivity index (χ1v) is 12.2. The van der Waals surface area contributed by atoms with Crippen LogP contribution in [0.4, 0.5) is 0 Å². The Kier molecular flexibility index (Phi) is 7.30. The fourth-order valence-electron chi connectivity index (χ4n) is 6.36. The fraction of sp³-hybridized carbons (Fsp3) is 0.704. The van der Waals surface area contributed by atoms with Crippen molar-refractivity contribution in [3.63, 3.8) is 0 Å². The third kappa shape index (κ3) is 4.74. The second-order valence-corrected chi connectivity index (χ2v) is 10.4. The van der Waals surface area contributed by atoms with Gasteiger partial charge >= 0.3 is 0 Å². The van der Waals surface area contributed by atoms with Crippen LogP contribution in [0.15, 0.2) is 34.9 Å². The number of rotatable bonds is 7. The number of amides is 1. The molecule has 1 heterocycles. The highest BCUT2D eigenvalue weighted by molar-refractivity contribution is 6.22. The molecule has 0 aromatic heterocycles. The van der Waals surface area contributed by atoms with Crippen LogP contribution < -0.4 is 5.32 Å². The van der Waals surface area contributed by atoms with Gasteiger partial charge in [-0.15, -0.1) is 0 Å². The van der Waals surface area contributed by atoms with Gasteiger partial charge in [0.15, 0.2) is 11.5 Å². The highest BCUT2D eigenvalue weighted by Gasteiger charge is 2.50. The van der Waals surface area contributed by atoms with Crippen molar-refractivity contribution >= 4 is 11.7 Å². The second-order valence-electron chi connectivity index (χ2n) is 10.4. The van der Waals surface area contributed by atoms with E-state index in [-0.39, 0.29) is 35.0 Å². The molecule has 172 valence electrons. The Labute approximate surface area is 188 Å². The molecule has 1 fully saturated rings. The first-order chi connectivity index (χ1) is 14.6. The number of ether oxygens (including phenoxy) is 1. The van der Waals surface area contributed by atoms with Crippen molar-refractivity contribution in [1.82, 2.24) is 5.32 Å². The Balaban J connectivity index is 1.99. The first-order valence-electron chi connectivity index (χ1n) is 12.2. The lowest BCUT2D eigenvalue weighted by molar-refractivity contribution is -0.129. The van der Waals surface area contributed by atoms with E-state index in [4.69, 9.17) is 4.74 Å². The number of fused-ring (bicyclic) bond motifs is 1. The highest BCUT2D eigenvalue weighted by Crippen LogP contribution is 2.52. The summed E-state index contributed by atoms with van der Waals surface area (Å²) in [5.41, 5.74) is 1.89. The van der Waals surface area contributed by atoms with Gasteiger partial charge in [-0.2, -0.15) is 0 Å². The molecule has 7 atom stereocenters. The first kappa shape index (κ1) is 24.0. The van der Waals surface area contributed by atoms with E-state index in [1.54, 1.807) is 6.08 Å². The fourth-order valence-corrected chi connectivity index (χ4v) is 6.36. The van der Waals surface area contributed by atoms with Crippen LogP contribution in [0.1, 0.15) is 74.1 Å². The monoisotopic (exact) mass is 427 g/mol. The van der Waals surface area contributed by atoms with Crippen LogP contribution in [-0.2, 0) is 14.3 Å². The number of allylic oxidation sites excluding steroid dienone is 4. The second kappa shape index (κ2) is 9.44. The molecule has 1 aliphatic heterocycles. The average molecular weight is 428 g/mol. The molecule has 0 aromatic rings. The minimum Gasteiger partial charge on any atom is -0.352 e. The van der Waals surface area contributed by atoms with E-state index in [2.05, 4.69) is 52.1 Å². The van der Waals surface area contributed by atoms with Crippen molar-refractivity contribution in [1.29, 1.82) is 0 Å². The largest absolute Gasteiger partial charge is 0.352 e. The predicted molar refractivity (Wildman–Crippen MR) is 125 cm³/mol. The van der Waals surface area contributed by atoms with Crippen molar-refractivity contribution in [3.8, 4) is 0 Å². The Morgan fingerprint density at radius 2 is 2.03 bits per heavy atom. The molecular formula is C27H41NO3. The maximum atomic E-state index is 14.0. The zero-order valence-corrected chi connectivity index (χ0v) is 20.5. The van der Waals surface area contributed by atoms with Gasteiger partial charge in [-0.05, 0) is 76.7 Å². The number of carbonyl (C=O) groups excluding carboxylic acids is 2. The van der Waals surface area contributed by atoms with Gasteiger partial charge in [0, 0.05) is 18.4 Å². The number of hydrogen-bond acceptors (Lipinski definition) is 3. The average Bonchev–Trinajstić information content (AvgIpc) is 3.00. The molecule has 0 bridgehead atoms. The quantitative estimate of drug-likeness (QED) is 0.327. The van der Waals surface area contributed by atoms with Crippen molar-refractivity contribution in [2.75, 3.05) is 6.61 Å². The SMILES string of the molecule is C/C=C(\C)[C@H]1C(C)=C[C@H]2C[C@@H](C)C[C@@H](C)[C@H]2[C@H]1C(=O)C1=CC(C)(OCCCC)NC1=O. The summed E-state index contributed by atoms with van der Waals surface area (Å²) in [5.74, 6) is 1.38. The van der Waals surface area contributed by atoms with E-state index in [9.17, 15) is 9.59 Å². The molecule has 1 unspecified atom stereocenters. The Hall–Kier alpha value is -1.68. The Morgan fingerprint density at radius 1 is 1.32 bits per heavy atom. The topological polar surface area (TPSA) is 55.4 Å². The molecule has 3 aliphatic rings. The molecule has 0 spiro atoms. The van der Waals surface area contributed by atoms with E-state index in [1.807, 2.05) is 13.8 Å². The minimum atomic E-state index is -0.895. The molecule has 31 heavy (non-hydrogen) atoms. The third-order valence-electron chi connectivity index (χ3n) is 7.78. The van der Waals surface area contributed by atoms with Crippen LogP contribution in [-0.4, -0.2) is 24.0 Å². The van der Waals surface area contributed by atoms with Crippen molar-refractivity contribution in [2.24, 2.45) is 35.5 Å². The number of ketones is 1. The molecule has 1 amide bonds. The molecule has 0 radical (unpaired) electrons. The molecule has 2 aliphatic carbocycles. The van der Waals surface area contributed by atoms with Gasteiger partial charge in [-0.25, -0.2) is 0 Å². The maximum Gasteiger partial charge on any atom is 0.257 e. The number of Topliss-reactive ketones (excluding diaryl/α,β-unsaturated/α-hetero) is 1. The van der Waals surface area contributed by atoms with Crippen LogP contribution >= 0.6 is 0 Å². The van der Waals surface area contributed by atoms with Crippen LogP contribution in [0.2, 0.25) is 0 Å². The predicted octanol–water partition coefficient (Wildman–Crippen LogP) is 5.60. The van der Waals surface area contributed by atoms with E-state index >= 15 is 0 Å². The highest BCUT2D eigenvalue weighted by atomic mass is 16.5. The smallest absolute Gasteiger partial charge is 0.257 e. The molecule has 1 saturated carbocycles. The van der Waals surface area contributed by atoms with Crippen LogP contribution in [0.25, 0.3) is 0 Å². The van der Waals surface area contributed by atoms with Gasteiger partial charge < -0.3 is 10.1 Å². The standard InChI is InChI=1S/C27H41NO3/c1-8-10-11-31-27(7)15-21(26(30)28-27)25(29)24-22(17(4)9-2)19(6)14-20-13-16(3)12-18(5)23(20)24/h9,14-16,18,20,22-24H,8,10-13H2,1-7H3,(H,28,30)/b17-9+/t16-,18+,20+,22-,23+,24-,27?/m0/s1. The molecule has 3 rings (SSSR count). The van der Waals surface area contributed by atoms with Gasteiger partial charge in [0.1, 0.15) is 0 Å². The minimum absolute atomic E-state index is 0.00429. The lowest BCUT2D eigenvalue weighted by Gasteiger charge is -2.48. The van der Waals surface area contributed by atoms with Gasteiger partial charge in [-0.3, -0.25) is 9.59 Å². The number of hydrogen-bond donors (Lipinski definition) is 1. The van der Waals surface area contributed by atoms with E-state index in [0.717, 1.165) is 25.7 Å². The molecular weight excluding hydrogens is 386 g/mol. The van der Waals surface area contributed by atoms with Crippen LogP contribution in [0, 0.1) is 35.5 Å². The lowest BCUT2D eigenvalue weighted by Crippen LogP contribution is -2.46. The van der Waals surface area contributed by atoms with Crippen molar-refractivity contribution in [3.05, 3.63) is 34.9 Å². The summed E-state index contributed by atoms with van der Waals surface area (Å²) < 4.78 is 5.94. The molecule has 4 nitrogen and oxygen atoms in total. The summed E-state index contributed by atoms with van der Waals surface area (Å²) in [4.78, 5) is 27.0. The van der Waals surface area contributed by atoms with Crippen molar-refractivity contribution < 1.29 is 14.3 Å². The zero-order valence-electron chi connectivity index (χ0n) is 20.5. The molecule has 0 saturated heterocycles. The number of nitrogens with one attached hydrogen (secondary N) is 1. The summed E-state index contributed by atoms with van der Waals surface area (Å²) in [6.07, 6.45) is 10.5.